The minimum Gasteiger partial charge on any atom is -0.450 e. The topological polar surface area (TPSA) is 68.5 Å². The molecular weight excluding hydrogens is 256 g/mol. The number of nitrogens with zero attached hydrogens (tertiary/aromatic N) is 3. The highest BCUT2D eigenvalue weighted by molar-refractivity contribution is 5.66. The summed E-state index contributed by atoms with van der Waals surface area (Å²) in [6.07, 6.45) is 3.34. The Balaban J connectivity index is 1.92. The maximum absolute atomic E-state index is 11.1. The van der Waals surface area contributed by atoms with Crippen LogP contribution in [0.1, 0.15) is 30.3 Å². The molecule has 0 aliphatic rings. The first-order valence-corrected chi connectivity index (χ1v) is 6.83. The van der Waals surface area contributed by atoms with Crippen molar-refractivity contribution in [3.63, 3.8) is 0 Å². The monoisotopic (exact) mass is 276 g/mol. The lowest BCUT2D eigenvalue weighted by atomic mass is 10.1. The van der Waals surface area contributed by atoms with E-state index in [9.17, 15) is 4.79 Å². The SMILES string of the molecule is CCOC(=O)NCCCc1cn2nc(C)cc2nc1C. The Morgan fingerprint density at radius 2 is 2.25 bits per heavy atom. The van der Waals surface area contributed by atoms with Gasteiger partial charge in [0.2, 0.25) is 0 Å². The Morgan fingerprint density at radius 1 is 1.45 bits per heavy atom. The van der Waals surface area contributed by atoms with Crippen LogP contribution in [0.4, 0.5) is 4.79 Å². The number of amides is 1. The van der Waals surface area contributed by atoms with Gasteiger partial charge in [-0.15, -0.1) is 0 Å². The lowest BCUT2D eigenvalue weighted by molar-refractivity contribution is 0.152. The zero-order chi connectivity index (χ0) is 14.5. The van der Waals surface area contributed by atoms with Gasteiger partial charge in [0.05, 0.1) is 12.3 Å². The first-order chi connectivity index (χ1) is 9.60. The summed E-state index contributed by atoms with van der Waals surface area (Å²) in [7, 11) is 0. The van der Waals surface area contributed by atoms with Gasteiger partial charge in [-0.2, -0.15) is 5.10 Å². The summed E-state index contributed by atoms with van der Waals surface area (Å²) < 4.78 is 6.60. The van der Waals surface area contributed by atoms with Gasteiger partial charge in [0, 0.05) is 24.5 Å². The molecule has 0 unspecified atom stereocenters. The van der Waals surface area contributed by atoms with E-state index in [0.717, 1.165) is 35.4 Å². The van der Waals surface area contributed by atoms with Crippen LogP contribution >= 0.6 is 0 Å². The van der Waals surface area contributed by atoms with E-state index >= 15 is 0 Å². The average Bonchev–Trinajstić information content (AvgIpc) is 2.74. The number of fused-ring (bicyclic) bond motifs is 1. The van der Waals surface area contributed by atoms with E-state index in [4.69, 9.17) is 4.74 Å². The molecule has 0 aliphatic carbocycles. The molecule has 0 atom stereocenters. The normalized spacial score (nSPS) is 10.8. The van der Waals surface area contributed by atoms with Crippen molar-refractivity contribution in [2.75, 3.05) is 13.2 Å². The molecule has 0 saturated heterocycles. The molecule has 20 heavy (non-hydrogen) atoms. The molecule has 0 saturated carbocycles. The number of carbonyl (C=O) groups excluding carboxylic acids is 1. The Morgan fingerprint density at radius 3 is 3.00 bits per heavy atom. The molecule has 0 fully saturated rings. The maximum atomic E-state index is 11.1. The van der Waals surface area contributed by atoms with Crippen molar-refractivity contribution in [2.24, 2.45) is 0 Å². The number of carbonyl (C=O) groups is 1. The minimum atomic E-state index is -0.361. The van der Waals surface area contributed by atoms with Crippen LogP contribution in [0.5, 0.6) is 0 Å². The first-order valence-electron chi connectivity index (χ1n) is 6.83. The smallest absolute Gasteiger partial charge is 0.407 e. The van der Waals surface area contributed by atoms with E-state index in [-0.39, 0.29) is 6.09 Å². The summed E-state index contributed by atoms with van der Waals surface area (Å²) in [6, 6.07) is 1.96. The van der Waals surface area contributed by atoms with Crippen LogP contribution < -0.4 is 5.32 Å². The minimum absolute atomic E-state index is 0.361. The molecule has 0 radical (unpaired) electrons. The molecule has 2 aromatic rings. The molecule has 0 bridgehead atoms. The lowest BCUT2D eigenvalue weighted by Crippen LogP contribution is -2.25. The summed E-state index contributed by atoms with van der Waals surface area (Å²) >= 11 is 0. The van der Waals surface area contributed by atoms with Crippen LogP contribution in [-0.4, -0.2) is 33.8 Å². The molecule has 0 aliphatic heterocycles. The fourth-order valence-corrected chi connectivity index (χ4v) is 2.06. The van der Waals surface area contributed by atoms with Gasteiger partial charge in [-0.05, 0) is 39.2 Å². The predicted molar refractivity (Wildman–Crippen MR) is 75.8 cm³/mol. The van der Waals surface area contributed by atoms with Gasteiger partial charge in [-0.1, -0.05) is 0 Å². The predicted octanol–water partition coefficient (Wildman–Crippen LogP) is 2.02. The molecule has 6 nitrogen and oxygen atoms in total. The number of nitrogens with one attached hydrogen (secondary N) is 1. The maximum Gasteiger partial charge on any atom is 0.407 e. The molecule has 2 aromatic heterocycles. The van der Waals surface area contributed by atoms with Crippen molar-refractivity contribution in [2.45, 2.75) is 33.6 Å². The number of alkyl carbamates (subject to hydrolysis) is 1. The second-order valence-corrected chi connectivity index (χ2v) is 4.69. The quantitative estimate of drug-likeness (QED) is 0.848. The van der Waals surface area contributed by atoms with Crippen molar-refractivity contribution in [3.05, 3.63) is 29.2 Å². The van der Waals surface area contributed by atoms with Crippen LogP contribution in [0, 0.1) is 13.8 Å². The van der Waals surface area contributed by atoms with Gasteiger partial charge in [0.15, 0.2) is 5.65 Å². The number of aromatic nitrogens is 3. The Labute approximate surface area is 118 Å². The third kappa shape index (κ3) is 3.46. The highest BCUT2D eigenvalue weighted by atomic mass is 16.5. The van der Waals surface area contributed by atoms with Crippen LogP contribution in [-0.2, 0) is 11.2 Å². The highest BCUT2D eigenvalue weighted by Crippen LogP contribution is 2.11. The van der Waals surface area contributed by atoms with E-state index in [1.807, 2.05) is 26.1 Å². The van der Waals surface area contributed by atoms with E-state index in [2.05, 4.69) is 15.4 Å². The van der Waals surface area contributed by atoms with E-state index in [1.165, 1.54) is 0 Å². The van der Waals surface area contributed by atoms with Crippen LogP contribution in [0.15, 0.2) is 12.3 Å². The van der Waals surface area contributed by atoms with Gasteiger partial charge in [-0.3, -0.25) is 0 Å². The Hall–Kier alpha value is -2.11. The largest absolute Gasteiger partial charge is 0.450 e. The molecular formula is C14H20N4O2. The van der Waals surface area contributed by atoms with Gasteiger partial charge in [-0.25, -0.2) is 14.3 Å². The van der Waals surface area contributed by atoms with Crippen molar-refractivity contribution in [1.29, 1.82) is 0 Å². The third-order valence-corrected chi connectivity index (χ3v) is 3.03. The van der Waals surface area contributed by atoms with Crippen molar-refractivity contribution in [1.82, 2.24) is 19.9 Å². The van der Waals surface area contributed by atoms with Crippen LogP contribution in [0.25, 0.3) is 5.65 Å². The number of hydrogen-bond donors (Lipinski definition) is 1. The van der Waals surface area contributed by atoms with Crippen LogP contribution in [0.3, 0.4) is 0 Å². The standard InChI is InChI=1S/C14H20N4O2/c1-4-20-14(19)15-7-5-6-12-9-18-13(16-11(12)3)8-10(2)17-18/h8-9H,4-7H2,1-3H3,(H,15,19). The number of rotatable bonds is 5. The number of hydrogen-bond acceptors (Lipinski definition) is 4. The summed E-state index contributed by atoms with van der Waals surface area (Å²) in [4.78, 5) is 15.7. The molecule has 2 rings (SSSR count). The third-order valence-electron chi connectivity index (χ3n) is 3.03. The molecule has 108 valence electrons. The summed E-state index contributed by atoms with van der Waals surface area (Å²) in [5.41, 5.74) is 3.98. The molecule has 2 heterocycles. The van der Waals surface area contributed by atoms with Gasteiger partial charge >= 0.3 is 6.09 Å². The Bertz CT molecular complexity index is 606. The Kier molecular flexibility index (Phi) is 4.55. The van der Waals surface area contributed by atoms with Crippen LogP contribution in [0.2, 0.25) is 0 Å². The molecule has 0 spiro atoms. The summed E-state index contributed by atoms with van der Waals surface area (Å²) in [5.74, 6) is 0. The summed E-state index contributed by atoms with van der Waals surface area (Å²) in [6.45, 7) is 6.72. The number of ether oxygens (including phenoxy) is 1. The second-order valence-electron chi connectivity index (χ2n) is 4.69. The first kappa shape index (κ1) is 14.3. The van der Waals surface area contributed by atoms with E-state index in [1.54, 1.807) is 11.4 Å². The average molecular weight is 276 g/mol. The molecule has 1 amide bonds. The van der Waals surface area contributed by atoms with Gasteiger partial charge in [0.1, 0.15) is 0 Å². The fraction of sp³-hybridized carbons (Fsp3) is 0.500. The van der Waals surface area contributed by atoms with Crippen molar-refractivity contribution >= 4 is 11.7 Å². The van der Waals surface area contributed by atoms with Crippen molar-refractivity contribution < 1.29 is 9.53 Å². The summed E-state index contributed by atoms with van der Waals surface area (Å²) in [5, 5.41) is 7.07. The molecule has 6 heteroatoms. The lowest BCUT2D eigenvalue weighted by Gasteiger charge is -2.07. The zero-order valence-electron chi connectivity index (χ0n) is 12.1. The van der Waals surface area contributed by atoms with Crippen molar-refractivity contribution in [3.8, 4) is 0 Å². The van der Waals surface area contributed by atoms with E-state index < -0.39 is 0 Å². The fourth-order valence-electron chi connectivity index (χ4n) is 2.06. The second kappa shape index (κ2) is 6.36. The van der Waals surface area contributed by atoms with E-state index in [0.29, 0.717) is 13.2 Å². The molecule has 0 aromatic carbocycles. The number of aryl methyl sites for hydroxylation is 3. The van der Waals surface area contributed by atoms with Gasteiger partial charge < -0.3 is 10.1 Å². The van der Waals surface area contributed by atoms with Gasteiger partial charge in [0.25, 0.3) is 0 Å². The molecule has 1 N–H and O–H groups in total. The highest BCUT2D eigenvalue weighted by Gasteiger charge is 2.06. The zero-order valence-corrected chi connectivity index (χ0v) is 12.1.